The van der Waals surface area contributed by atoms with Gasteiger partial charge in [-0.1, -0.05) is 26.0 Å². The summed E-state index contributed by atoms with van der Waals surface area (Å²) in [5, 5.41) is 9.26. The zero-order valence-electron chi connectivity index (χ0n) is 10.5. The van der Waals surface area contributed by atoms with Gasteiger partial charge in [-0.3, -0.25) is 9.69 Å². The summed E-state index contributed by atoms with van der Waals surface area (Å²) in [6.45, 7) is 4.14. The lowest BCUT2D eigenvalue weighted by atomic mass is 9.97. The van der Waals surface area contributed by atoms with Crippen molar-refractivity contribution in [1.29, 1.82) is 0 Å². The summed E-state index contributed by atoms with van der Waals surface area (Å²) < 4.78 is 0. The number of carbonyl (C=O) groups is 1. The summed E-state index contributed by atoms with van der Waals surface area (Å²) in [5.41, 5.74) is 0. The number of carboxylic acids is 1. The van der Waals surface area contributed by atoms with Crippen molar-refractivity contribution < 1.29 is 9.90 Å². The summed E-state index contributed by atoms with van der Waals surface area (Å²) in [5.74, 6) is -0.286. The number of likely N-dealkylation sites (N-methyl/N-ethyl adjacent to an activating group) is 1. The Balaban J connectivity index is 2.65. The van der Waals surface area contributed by atoms with Gasteiger partial charge in [0.15, 0.2) is 0 Å². The molecular formula is C13H23NO2. The highest BCUT2D eigenvalue weighted by molar-refractivity contribution is 5.73. The molecule has 0 fully saturated rings. The van der Waals surface area contributed by atoms with Crippen LogP contribution in [0.1, 0.15) is 39.5 Å². The number of hydrogen-bond donors (Lipinski definition) is 1. The van der Waals surface area contributed by atoms with E-state index in [0.717, 1.165) is 19.3 Å². The van der Waals surface area contributed by atoms with Gasteiger partial charge in [-0.15, -0.1) is 0 Å². The van der Waals surface area contributed by atoms with E-state index in [9.17, 15) is 9.90 Å². The van der Waals surface area contributed by atoms with Gasteiger partial charge >= 0.3 is 5.97 Å². The maximum Gasteiger partial charge on any atom is 0.320 e. The van der Waals surface area contributed by atoms with Crippen molar-refractivity contribution >= 4 is 5.97 Å². The Morgan fingerprint density at radius 1 is 1.56 bits per heavy atom. The van der Waals surface area contributed by atoms with Gasteiger partial charge in [0, 0.05) is 6.04 Å². The molecule has 16 heavy (non-hydrogen) atoms. The Bertz CT molecular complexity index is 261. The van der Waals surface area contributed by atoms with E-state index >= 15 is 0 Å². The molecule has 1 unspecified atom stereocenters. The molecule has 0 heterocycles. The minimum absolute atomic E-state index is 0.300. The molecule has 92 valence electrons. The van der Waals surface area contributed by atoms with E-state index in [1.165, 1.54) is 6.42 Å². The van der Waals surface area contributed by atoms with E-state index in [4.69, 9.17) is 0 Å². The Labute approximate surface area is 98.1 Å². The summed E-state index contributed by atoms with van der Waals surface area (Å²) in [6, 6.07) is -0.0543. The van der Waals surface area contributed by atoms with Crippen molar-refractivity contribution in [3.05, 3.63) is 12.2 Å². The zero-order valence-corrected chi connectivity index (χ0v) is 10.5. The molecule has 0 saturated heterocycles. The maximum absolute atomic E-state index is 11.3. The summed E-state index contributed by atoms with van der Waals surface area (Å²) in [4.78, 5) is 13.3. The second-order valence-corrected chi connectivity index (χ2v) is 5.08. The quantitative estimate of drug-likeness (QED) is 0.731. The standard InChI is InChI=1S/C13H23NO2/c1-10(2)9-12(13(15)16)14(3)11-7-5-4-6-8-11/h5,7,10-12H,4,6,8-9H2,1-3H3,(H,15,16)/t11?,12-/m0/s1. The largest absolute Gasteiger partial charge is 0.480 e. The highest BCUT2D eigenvalue weighted by Crippen LogP contribution is 2.20. The molecule has 1 aliphatic carbocycles. The smallest absolute Gasteiger partial charge is 0.320 e. The monoisotopic (exact) mass is 225 g/mol. The lowest BCUT2D eigenvalue weighted by Crippen LogP contribution is -2.45. The van der Waals surface area contributed by atoms with Crippen LogP contribution in [0.3, 0.4) is 0 Å². The summed E-state index contributed by atoms with van der Waals surface area (Å²) in [6.07, 6.45) is 8.41. The lowest BCUT2D eigenvalue weighted by molar-refractivity contribution is -0.144. The fourth-order valence-corrected chi connectivity index (χ4v) is 2.25. The second-order valence-electron chi connectivity index (χ2n) is 5.08. The van der Waals surface area contributed by atoms with E-state index < -0.39 is 5.97 Å². The van der Waals surface area contributed by atoms with Crippen LogP contribution in [-0.4, -0.2) is 35.1 Å². The topological polar surface area (TPSA) is 40.5 Å². The Kier molecular flexibility index (Phi) is 5.00. The molecule has 0 spiro atoms. The molecule has 1 N–H and O–H groups in total. The van der Waals surface area contributed by atoms with Crippen molar-refractivity contribution in [2.75, 3.05) is 7.05 Å². The van der Waals surface area contributed by atoms with Crippen LogP contribution in [0.2, 0.25) is 0 Å². The number of hydrogen-bond acceptors (Lipinski definition) is 2. The molecule has 0 aromatic carbocycles. The van der Waals surface area contributed by atoms with Gasteiger partial charge in [0.1, 0.15) is 6.04 Å². The van der Waals surface area contributed by atoms with Gasteiger partial charge < -0.3 is 5.11 Å². The van der Waals surface area contributed by atoms with Gasteiger partial charge in [0.25, 0.3) is 0 Å². The van der Waals surface area contributed by atoms with Crippen LogP contribution >= 0.6 is 0 Å². The average Bonchev–Trinajstić information content (AvgIpc) is 2.25. The molecule has 3 heteroatoms. The molecule has 3 nitrogen and oxygen atoms in total. The van der Waals surface area contributed by atoms with Crippen LogP contribution in [0.4, 0.5) is 0 Å². The van der Waals surface area contributed by atoms with Crippen LogP contribution in [0, 0.1) is 5.92 Å². The third-order valence-corrected chi connectivity index (χ3v) is 3.22. The molecular weight excluding hydrogens is 202 g/mol. The first kappa shape index (κ1) is 13.2. The highest BCUT2D eigenvalue weighted by Gasteiger charge is 2.28. The van der Waals surface area contributed by atoms with Gasteiger partial charge in [-0.2, -0.15) is 0 Å². The molecule has 0 amide bonds. The predicted octanol–water partition coefficient (Wildman–Crippen LogP) is 2.53. The molecule has 1 rings (SSSR count). The van der Waals surface area contributed by atoms with Crippen molar-refractivity contribution in [3.63, 3.8) is 0 Å². The normalized spacial score (nSPS) is 22.7. The fourth-order valence-electron chi connectivity index (χ4n) is 2.25. The lowest BCUT2D eigenvalue weighted by Gasteiger charge is -2.33. The molecule has 0 radical (unpaired) electrons. The minimum Gasteiger partial charge on any atom is -0.480 e. The molecule has 1 aliphatic rings. The van der Waals surface area contributed by atoms with E-state index in [1.807, 2.05) is 11.9 Å². The van der Waals surface area contributed by atoms with Gasteiger partial charge in [-0.05, 0) is 38.6 Å². The van der Waals surface area contributed by atoms with Crippen LogP contribution in [-0.2, 0) is 4.79 Å². The molecule has 0 aromatic rings. The first-order valence-electron chi connectivity index (χ1n) is 6.13. The van der Waals surface area contributed by atoms with Gasteiger partial charge in [0.2, 0.25) is 0 Å². The van der Waals surface area contributed by atoms with Crippen molar-refractivity contribution in [1.82, 2.24) is 4.90 Å². The molecule has 0 aromatic heterocycles. The summed E-state index contributed by atoms with van der Waals surface area (Å²) in [7, 11) is 1.93. The van der Waals surface area contributed by atoms with Crippen molar-refractivity contribution in [2.24, 2.45) is 5.92 Å². The van der Waals surface area contributed by atoms with Gasteiger partial charge in [-0.25, -0.2) is 0 Å². The molecule has 0 aliphatic heterocycles. The van der Waals surface area contributed by atoms with Gasteiger partial charge in [0.05, 0.1) is 0 Å². The maximum atomic E-state index is 11.3. The molecule has 2 atom stereocenters. The van der Waals surface area contributed by atoms with Crippen LogP contribution in [0.5, 0.6) is 0 Å². The number of allylic oxidation sites excluding steroid dienone is 1. The number of aliphatic carboxylic acids is 1. The average molecular weight is 225 g/mol. The predicted molar refractivity (Wildman–Crippen MR) is 65.4 cm³/mol. The second kappa shape index (κ2) is 6.04. The summed E-state index contributed by atoms with van der Waals surface area (Å²) >= 11 is 0. The van der Waals surface area contributed by atoms with E-state index in [1.54, 1.807) is 0 Å². The third-order valence-electron chi connectivity index (χ3n) is 3.22. The third kappa shape index (κ3) is 3.63. The Morgan fingerprint density at radius 3 is 2.69 bits per heavy atom. The van der Waals surface area contributed by atoms with Crippen LogP contribution in [0.25, 0.3) is 0 Å². The van der Waals surface area contributed by atoms with E-state index in [0.29, 0.717) is 12.0 Å². The van der Waals surface area contributed by atoms with E-state index in [2.05, 4.69) is 26.0 Å². The highest BCUT2D eigenvalue weighted by atomic mass is 16.4. The Morgan fingerprint density at radius 2 is 2.25 bits per heavy atom. The SMILES string of the molecule is CC(C)C[C@@H](C(=O)O)N(C)C1C=CCCC1. The minimum atomic E-state index is -0.699. The zero-order chi connectivity index (χ0) is 12.1. The van der Waals surface area contributed by atoms with Crippen molar-refractivity contribution in [2.45, 2.75) is 51.6 Å². The molecule has 0 bridgehead atoms. The van der Waals surface area contributed by atoms with Crippen molar-refractivity contribution in [3.8, 4) is 0 Å². The first-order chi connectivity index (χ1) is 7.52. The number of rotatable bonds is 5. The van der Waals surface area contributed by atoms with Crippen LogP contribution in [0.15, 0.2) is 12.2 Å². The number of nitrogens with zero attached hydrogens (tertiary/aromatic N) is 1. The Hall–Kier alpha value is -0.830. The van der Waals surface area contributed by atoms with E-state index in [-0.39, 0.29) is 6.04 Å². The first-order valence-corrected chi connectivity index (χ1v) is 6.13. The van der Waals surface area contributed by atoms with Crippen LogP contribution < -0.4 is 0 Å². The molecule has 0 saturated carbocycles. The number of carboxylic acid groups (broad SMARTS) is 1. The fraction of sp³-hybridized carbons (Fsp3) is 0.769.